The van der Waals surface area contributed by atoms with E-state index in [0.29, 0.717) is 4.57 Å². The van der Waals surface area contributed by atoms with Crippen LogP contribution >= 0.6 is 0 Å². The molecule has 0 aliphatic heterocycles. The first-order chi connectivity index (χ1) is 8.90. The number of rotatable bonds is 3. The number of carbonyl (C=O) groups is 1. The molecule has 0 spiro atoms. The first kappa shape index (κ1) is 12.7. The molecule has 0 N–H and O–H groups in total. The maximum atomic E-state index is 12.0. The summed E-state index contributed by atoms with van der Waals surface area (Å²) in [6.07, 6.45) is 0. The molecule has 0 atom stereocenters. The second kappa shape index (κ2) is 4.48. The Hall–Kier alpha value is -2.77. The number of benzene rings is 1. The fourth-order valence-corrected chi connectivity index (χ4v) is 1.62. The molecule has 0 fully saturated rings. The van der Waals surface area contributed by atoms with Gasteiger partial charge in [0.05, 0.1) is 16.9 Å². The molecule has 0 saturated carbocycles. The van der Waals surface area contributed by atoms with Crippen LogP contribution in [0.2, 0.25) is 0 Å². The molecule has 1 aromatic heterocycles. The molecule has 19 heavy (non-hydrogen) atoms. The Morgan fingerprint density at radius 1 is 1.42 bits per heavy atom. The van der Waals surface area contributed by atoms with Crippen molar-refractivity contribution in [3.05, 3.63) is 49.2 Å². The smallest absolute Gasteiger partial charge is 0.409 e. The molecule has 0 aliphatic rings. The highest BCUT2D eigenvalue weighted by Crippen LogP contribution is 2.16. The van der Waals surface area contributed by atoms with Gasteiger partial charge in [-0.25, -0.2) is 9.36 Å². The third-order valence-electron chi connectivity index (χ3n) is 2.45. The van der Waals surface area contributed by atoms with Crippen LogP contribution in [0.1, 0.15) is 6.92 Å². The molecule has 0 bridgehead atoms. The van der Waals surface area contributed by atoms with Crippen LogP contribution in [0.25, 0.3) is 11.0 Å². The fraction of sp³-hybridized carbons (Fsp3) is 0.182. The van der Waals surface area contributed by atoms with E-state index in [1.165, 1.54) is 13.0 Å². The van der Waals surface area contributed by atoms with Gasteiger partial charge in [-0.2, -0.15) is 0 Å². The van der Waals surface area contributed by atoms with Gasteiger partial charge in [0.25, 0.3) is 11.2 Å². The van der Waals surface area contributed by atoms with E-state index in [0.717, 1.165) is 12.1 Å². The van der Waals surface area contributed by atoms with E-state index in [4.69, 9.17) is 4.42 Å². The quantitative estimate of drug-likeness (QED) is 0.587. The van der Waals surface area contributed by atoms with E-state index in [9.17, 15) is 24.5 Å². The third kappa shape index (κ3) is 2.28. The van der Waals surface area contributed by atoms with Gasteiger partial charge in [-0.1, -0.05) is 0 Å². The highest BCUT2D eigenvalue weighted by Gasteiger charge is 2.14. The zero-order valence-corrected chi connectivity index (χ0v) is 9.78. The van der Waals surface area contributed by atoms with Crippen molar-refractivity contribution in [2.45, 2.75) is 13.5 Å². The average Bonchev–Trinajstić information content (AvgIpc) is 2.33. The van der Waals surface area contributed by atoms with Gasteiger partial charge in [0.2, 0.25) is 0 Å². The van der Waals surface area contributed by atoms with Crippen molar-refractivity contribution in [1.82, 2.24) is 4.57 Å². The SMILES string of the molecule is CC(=O)Cn1c(=O)oc2ccc([N+](=O)[O-])cc2c1=O. The zero-order chi connectivity index (χ0) is 14.2. The van der Waals surface area contributed by atoms with E-state index < -0.39 is 28.6 Å². The fourth-order valence-electron chi connectivity index (χ4n) is 1.62. The number of nitrogens with zero attached hydrogens (tertiary/aromatic N) is 2. The number of Topliss-reactive ketones (excluding diaryl/α,β-unsaturated/α-hetero) is 1. The van der Waals surface area contributed by atoms with Gasteiger partial charge in [0.1, 0.15) is 11.4 Å². The molecular formula is C11H8N2O6. The molecule has 0 radical (unpaired) electrons. The van der Waals surface area contributed by atoms with E-state index in [1.54, 1.807) is 0 Å². The Kier molecular flexibility index (Phi) is 2.99. The molecule has 0 amide bonds. The molecule has 8 heteroatoms. The number of nitro benzene ring substituents is 1. The lowest BCUT2D eigenvalue weighted by Crippen LogP contribution is -2.34. The molecule has 98 valence electrons. The van der Waals surface area contributed by atoms with E-state index in [2.05, 4.69) is 0 Å². The lowest BCUT2D eigenvalue weighted by Gasteiger charge is -2.02. The Bertz CT molecular complexity index is 801. The molecule has 2 aromatic rings. The summed E-state index contributed by atoms with van der Waals surface area (Å²) < 4.78 is 5.45. The summed E-state index contributed by atoms with van der Waals surface area (Å²) in [5.74, 6) is -1.37. The van der Waals surface area contributed by atoms with Crippen molar-refractivity contribution in [2.75, 3.05) is 0 Å². The summed E-state index contributed by atoms with van der Waals surface area (Å²) >= 11 is 0. The highest BCUT2D eigenvalue weighted by atomic mass is 16.6. The van der Waals surface area contributed by atoms with Crippen LogP contribution in [-0.2, 0) is 11.3 Å². The largest absolute Gasteiger partial charge is 0.422 e. The Morgan fingerprint density at radius 3 is 2.68 bits per heavy atom. The molecule has 0 aliphatic carbocycles. The van der Waals surface area contributed by atoms with Crippen molar-refractivity contribution >= 4 is 22.4 Å². The topological polar surface area (TPSA) is 112 Å². The Balaban J connectivity index is 2.80. The average molecular weight is 264 g/mol. The molecule has 0 unspecified atom stereocenters. The predicted molar refractivity (Wildman–Crippen MR) is 64.1 cm³/mol. The van der Waals surface area contributed by atoms with Crippen LogP contribution in [0.4, 0.5) is 5.69 Å². The maximum Gasteiger partial charge on any atom is 0.422 e. The van der Waals surface area contributed by atoms with Crippen molar-refractivity contribution < 1.29 is 14.1 Å². The maximum absolute atomic E-state index is 12.0. The molecule has 8 nitrogen and oxygen atoms in total. The van der Waals surface area contributed by atoms with E-state index in [1.807, 2.05) is 0 Å². The highest BCUT2D eigenvalue weighted by molar-refractivity contribution is 5.79. The van der Waals surface area contributed by atoms with Crippen molar-refractivity contribution in [1.29, 1.82) is 0 Å². The first-order valence-electron chi connectivity index (χ1n) is 5.21. The minimum absolute atomic E-state index is 0.0552. The molecule has 0 saturated heterocycles. The molecular weight excluding hydrogens is 256 g/mol. The second-order valence-corrected chi connectivity index (χ2v) is 3.90. The molecule has 2 rings (SSSR count). The van der Waals surface area contributed by atoms with Crippen LogP contribution in [0, 0.1) is 10.1 Å². The number of hydrogen-bond donors (Lipinski definition) is 0. The monoisotopic (exact) mass is 264 g/mol. The van der Waals surface area contributed by atoms with Gasteiger partial charge in [-0.15, -0.1) is 0 Å². The van der Waals surface area contributed by atoms with Gasteiger partial charge in [-0.05, 0) is 13.0 Å². The number of hydrogen-bond acceptors (Lipinski definition) is 6. The number of nitro groups is 1. The predicted octanol–water partition coefficient (Wildman–Crippen LogP) is 0.452. The number of carbonyl (C=O) groups excluding carboxylic acids is 1. The normalized spacial score (nSPS) is 10.6. The summed E-state index contributed by atoms with van der Waals surface area (Å²) in [5.41, 5.74) is -1.14. The molecule has 1 heterocycles. The summed E-state index contributed by atoms with van der Waals surface area (Å²) in [6, 6.07) is 3.31. The minimum atomic E-state index is -0.971. The van der Waals surface area contributed by atoms with Gasteiger partial charge in [-0.3, -0.25) is 19.7 Å². The van der Waals surface area contributed by atoms with Gasteiger partial charge in [0, 0.05) is 12.1 Å². The summed E-state index contributed by atoms with van der Waals surface area (Å²) in [5, 5.41) is 10.5. The number of aromatic nitrogens is 1. The van der Waals surface area contributed by atoms with Crippen molar-refractivity contribution in [3.8, 4) is 0 Å². The van der Waals surface area contributed by atoms with Gasteiger partial charge >= 0.3 is 5.76 Å². The van der Waals surface area contributed by atoms with Gasteiger partial charge < -0.3 is 4.42 Å². The van der Waals surface area contributed by atoms with Crippen molar-refractivity contribution in [2.24, 2.45) is 0 Å². The lowest BCUT2D eigenvalue weighted by molar-refractivity contribution is -0.384. The number of ketones is 1. The summed E-state index contributed by atoms with van der Waals surface area (Å²) in [7, 11) is 0. The van der Waals surface area contributed by atoms with E-state index >= 15 is 0 Å². The van der Waals surface area contributed by atoms with Crippen LogP contribution in [0.3, 0.4) is 0 Å². The van der Waals surface area contributed by atoms with Crippen molar-refractivity contribution in [3.63, 3.8) is 0 Å². The third-order valence-corrected chi connectivity index (χ3v) is 2.45. The standard InChI is InChI=1S/C11H8N2O6/c1-6(14)5-12-10(15)8-4-7(13(17)18)2-3-9(8)19-11(12)16/h2-4H,5H2,1H3. The summed E-state index contributed by atoms with van der Waals surface area (Å²) in [4.78, 5) is 44.5. The van der Waals surface area contributed by atoms with E-state index in [-0.39, 0.29) is 16.7 Å². The minimum Gasteiger partial charge on any atom is -0.409 e. The van der Waals surface area contributed by atoms with Gasteiger partial charge in [0.15, 0.2) is 0 Å². The second-order valence-electron chi connectivity index (χ2n) is 3.90. The molecule has 1 aromatic carbocycles. The van der Waals surface area contributed by atoms with Crippen LogP contribution < -0.4 is 11.3 Å². The lowest BCUT2D eigenvalue weighted by atomic mass is 10.2. The zero-order valence-electron chi connectivity index (χ0n) is 9.78. The Morgan fingerprint density at radius 2 is 2.11 bits per heavy atom. The van der Waals surface area contributed by atoms with Crippen LogP contribution in [0.5, 0.6) is 0 Å². The number of fused-ring (bicyclic) bond motifs is 1. The first-order valence-corrected chi connectivity index (χ1v) is 5.21. The van der Waals surface area contributed by atoms with Crippen LogP contribution in [0.15, 0.2) is 32.2 Å². The number of non-ortho nitro benzene ring substituents is 1. The Labute approximate surface area is 105 Å². The van der Waals surface area contributed by atoms with Crippen LogP contribution in [-0.4, -0.2) is 15.3 Å². The summed E-state index contributed by atoms with van der Waals surface area (Å²) in [6.45, 7) is 0.781.